The summed E-state index contributed by atoms with van der Waals surface area (Å²) in [5, 5.41) is 10.9. The highest BCUT2D eigenvalue weighted by Gasteiger charge is 2.26. The van der Waals surface area contributed by atoms with Gasteiger partial charge in [-0.25, -0.2) is 0 Å². The fraction of sp³-hybridized carbons (Fsp3) is 0.368. The zero-order valence-electron chi connectivity index (χ0n) is 13.4. The quantitative estimate of drug-likeness (QED) is 0.884. The smallest absolute Gasteiger partial charge is 0.246 e. The van der Waals surface area contributed by atoms with Crippen LogP contribution in [0.1, 0.15) is 24.8 Å². The first-order chi connectivity index (χ1) is 11.1. The first kappa shape index (κ1) is 15.7. The number of fused-ring (bicyclic) bond motifs is 1. The Morgan fingerprint density at radius 3 is 2.96 bits per heavy atom. The predicted octanol–water partition coefficient (Wildman–Crippen LogP) is 2.87. The van der Waals surface area contributed by atoms with Gasteiger partial charge in [-0.3, -0.25) is 9.78 Å². The molecule has 2 aromatic rings. The average Bonchev–Trinajstić information content (AvgIpc) is 2.97. The minimum Gasteiger partial charge on any atom is -0.393 e. The fourth-order valence-corrected chi connectivity index (χ4v) is 3.22. The molecule has 2 atom stereocenters. The molecule has 1 aliphatic carbocycles. The van der Waals surface area contributed by atoms with Crippen LogP contribution >= 0.6 is 0 Å². The number of rotatable bonds is 4. The van der Waals surface area contributed by atoms with Crippen molar-refractivity contribution in [2.75, 3.05) is 13.6 Å². The second kappa shape index (κ2) is 6.92. The van der Waals surface area contributed by atoms with Crippen LogP contribution in [0.15, 0.2) is 42.6 Å². The largest absolute Gasteiger partial charge is 0.393 e. The minimum atomic E-state index is -0.267. The molecule has 0 aliphatic heterocycles. The van der Waals surface area contributed by atoms with Crippen molar-refractivity contribution >= 4 is 22.9 Å². The number of aliphatic hydroxyl groups excluding tert-OH is 1. The van der Waals surface area contributed by atoms with Crippen molar-refractivity contribution in [3.05, 3.63) is 48.2 Å². The number of hydrogen-bond donors (Lipinski definition) is 1. The summed E-state index contributed by atoms with van der Waals surface area (Å²) in [4.78, 5) is 18.4. The standard InChI is InChI=1S/C19H22N2O2/c1-21(13-16-7-3-9-17(16)22)18(23)11-10-15-6-2-5-14-8-4-12-20-19(14)15/h2,4-6,8,10-12,16-17,22H,3,7,9,13H2,1H3/b11-10+. The number of para-hydroxylation sites is 1. The van der Waals surface area contributed by atoms with E-state index in [1.54, 1.807) is 24.2 Å². The lowest BCUT2D eigenvalue weighted by Gasteiger charge is -2.22. The van der Waals surface area contributed by atoms with Crippen LogP contribution in [0.3, 0.4) is 0 Å². The Labute approximate surface area is 136 Å². The third-order valence-corrected chi connectivity index (χ3v) is 4.57. The molecule has 0 spiro atoms. The highest BCUT2D eigenvalue weighted by Crippen LogP contribution is 2.26. The molecular weight excluding hydrogens is 288 g/mol. The van der Waals surface area contributed by atoms with E-state index >= 15 is 0 Å². The summed E-state index contributed by atoms with van der Waals surface area (Å²) < 4.78 is 0. The molecule has 1 N–H and O–H groups in total. The number of likely N-dealkylation sites (N-methyl/N-ethyl adjacent to an activating group) is 1. The summed E-state index contributed by atoms with van der Waals surface area (Å²) in [5.74, 6) is 0.161. The van der Waals surface area contributed by atoms with Crippen LogP contribution in [0.4, 0.5) is 0 Å². The van der Waals surface area contributed by atoms with Gasteiger partial charge in [-0.2, -0.15) is 0 Å². The number of aromatic nitrogens is 1. The monoisotopic (exact) mass is 310 g/mol. The zero-order chi connectivity index (χ0) is 16.2. The van der Waals surface area contributed by atoms with Crippen LogP contribution in [0.25, 0.3) is 17.0 Å². The molecule has 1 aromatic heterocycles. The summed E-state index contributed by atoms with van der Waals surface area (Å²) in [7, 11) is 1.79. The van der Waals surface area contributed by atoms with Crippen molar-refractivity contribution in [2.24, 2.45) is 5.92 Å². The van der Waals surface area contributed by atoms with Crippen LogP contribution in [0.5, 0.6) is 0 Å². The van der Waals surface area contributed by atoms with Crippen LogP contribution in [0.2, 0.25) is 0 Å². The Kier molecular flexibility index (Phi) is 4.72. The molecule has 0 radical (unpaired) electrons. The van der Waals surface area contributed by atoms with Gasteiger partial charge >= 0.3 is 0 Å². The van der Waals surface area contributed by atoms with Gasteiger partial charge in [-0.1, -0.05) is 30.7 Å². The van der Waals surface area contributed by atoms with Crippen molar-refractivity contribution in [2.45, 2.75) is 25.4 Å². The van der Waals surface area contributed by atoms with Crippen LogP contribution in [-0.4, -0.2) is 40.6 Å². The summed E-state index contributed by atoms with van der Waals surface area (Å²) >= 11 is 0. The molecule has 1 aliphatic rings. The van der Waals surface area contributed by atoms with E-state index in [0.717, 1.165) is 35.7 Å². The van der Waals surface area contributed by atoms with Crippen LogP contribution in [-0.2, 0) is 4.79 Å². The van der Waals surface area contributed by atoms with Gasteiger partial charge in [0.05, 0.1) is 11.6 Å². The number of pyridine rings is 1. The lowest BCUT2D eigenvalue weighted by atomic mass is 10.1. The SMILES string of the molecule is CN(CC1CCCC1O)C(=O)/C=C/c1cccc2cccnc12. The number of hydrogen-bond acceptors (Lipinski definition) is 3. The molecule has 1 saturated carbocycles. The highest BCUT2D eigenvalue weighted by molar-refractivity contribution is 5.95. The van der Waals surface area contributed by atoms with Crippen molar-refractivity contribution in [1.82, 2.24) is 9.88 Å². The number of carbonyl (C=O) groups is 1. The van der Waals surface area contributed by atoms with Crippen molar-refractivity contribution in [3.63, 3.8) is 0 Å². The molecule has 23 heavy (non-hydrogen) atoms. The van der Waals surface area contributed by atoms with Gasteiger partial charge in [-0.15, -0.1) is 0 Å². The number of nitrogens with zero attached hydrogens (tertiary/aromatic N) is 2. The maximum atomic E-state index is 12.3. The van der Waals surface area contributed by atoms with Crippen LogP contribution < -0.4 is 0 Å². The lowest BCUT2D eigenvalue weighted by molar-refractivity contribution is -0.125. The third kappa shape index (κ3) is 3.59. The Balaban J connectivity index is 1.70. The van der Waals surface area contributed by atoms with Gasteiger partial charge < -0.3 is 10.0 Å². The third-order valence-electron chi connectivity index (χ3n) is 4.57. The number of carbonyl (C=O) groups excluding carboxylic acids is 1. The van der Waals surface area contributed by atoms with E-state index < -0.39 is 0 Å². The summed E-state index contributed by atoms with van der Waals surface area (Å²) in [5.41, 5.74) is 1.83. The predicted molar refractivity (Wildman–Crippen MR) is 91.8 cm³/mol. The van der Waals surface area contributed by atoms with E-state index in [0.29, 0.717) is 6.54 Å². The molecular formula is C19H22N2O2. The highest BCUT2D eigenvalue weighted by atomic mass is 16.3. The Bertz CT molecular complexity index is 721. The average molecular weight is 310 g/mol. The molecule has 4 heteroatoms. The maximum absolute atomic E-state index is 12.3. The van der Waals surface area contributed by atoms with Crippen LogP contribution in [0, 0.1) is 5.92 Å². The van der Waals surface area contributed by atoms with E-state index in [1.807, 2.05) is 36.4 Å². The molecule has 0 bridgehead atoms. The van der Waals surface area contributed by atoms with E-state index in [-0.39, 0.29) is 17.9 Å². The molecule has 120 valence electrons. The second-order valence-electron chi connectivity index (χ2n) is 6.23. The van der Waals surface area contributed by atoms with Crippen molar-refractivity contribution in [3.8, 4) is 0 Å². The van der Waals surface area contributed by atoms with E-state index in [2.05, 4.69) is 4.98 Å². The second-order valence-corrected chi connectivity index (χ2v) is 6.23. The van der Waals surface area contributed by atoms with Crippen molar-refractivity contribution in [1.29, 1.82) is 0 Å². The normalized spacial score (nSPS) is 21.1. The molecule has 2 unspecified atom stereocenters. The maximum Gasteiger partial charge on any atom is 0.246 e. The Morgan fingerprint density at radius 1 is 1.35 bits per heavy atom. The summed E-state index contributed by atoms with van der Waals surface area (Å²) in [6.45, 7) is 0.609. The van der Waals surface area contributed by atoms with E-state index in [9.17, 15) is 9.90 Å². The fourth-order valence-electron chi connectivity index (χ4n) is 3.22. The van der Waals surface area contributed by atoms with Gasteiger partial charge in [0.2, 0.25) is 5.91 Å². The number of benzene rings is 1. The number of aliphatic hydroxyl groups is 1. The molecule has 1 fully saturated rings. The lowest BCUT2D eigenvalue weighted by Crippen LogP contribution is -2.33. The zero-order valence-corrected chi connectivity index (χ0v) is 13.4. The van der Waals surface area contributed by atoms with E-state index in [1.165, 1.54) is 0 Å². The summed E-state index contributed by atoms with van der Waals surface area (Å²) in [6.07, 6.45) is 7.79. The van der Waals surface area contributed by atoms with Gasteiger partial charge in [0.25, 0.3) is 0 Å². The Hall–Kier alpha value is -2.20. The van der Waals surface area contributed by atoms with Gasteiger partial charge in [-0.05, 0) is 25.0 Å². The molecule has 0 saturated heterocycles. The van der Waals surface area contributed by atoms with Crippen molar-refractivity contribution < 1.29 is 9.90 Å². The molecule has 3 rings (SSSR count). The summed E-state index contributed by atoms with van der Waals surface area (Å²) in [6, 6.07) is 9.85. The first-order valence-electron chi connectivity index (χ1n) is 8.10. The topological polar surface area (TPSA) is 53.4 Å². The molecule has 4 nitrogen and oxygen atoms in total. The Morgan fingerprint density at radius 2 is 2.17 bits per heavy atom. The van der Waals surface area contributed by atoms with Gasteiger partial charge in [0, 0.05) is 42.7 Å². The minimum absolute atomic E-state index is 0.0444. The first-order valence-corrected chi connectivity index (χ1v) is 8.10. The van der Waals surface area contributed by atoms with E-state index in [4.69, 9.17) is 0 Å². The van der Waals surface area contributed by atoms with Gasteiger partial charge in [0.1, 0.15) is 0 Å². The van der Waals surface area contributed by atoms with Gasteiger partial charge in [0.15, 0.2) is 0 Å². The molecule has 1 amide bonds. The molecule has 1 heterocycles. The molecule has 1 aromatic carbocycles. The number of amides is 1.